The standard InChI is InChI=1S/C8H17NO4/c1-13-6-7(11)2-3-8(12)9-4-5-10/h7,10-11H,2-6H2,1H3,(H,9,12). The van der Waals surface area contributed by atoms with Crippen LogP contribution in [0.5, 0.6) is 0 Å². The number of methoxy groups -OCH3 is 1. The highest BCUT2D eigenvalue weighted by Gasteiger charge is 2.06. The largest absolute Gasteiger partial charge is 0.395 e. The van der Waals surface area contributed by atoms with Crippen LogP contribution in [-0.4, -0.2) is 49.1 Å². The third kappa shape index (κ3) is 7.70. The molecule has 0 spiro atoms. The quantitative estimate of drug-likeness (QED) is 0.476. The van der Waals surface area contributed by atoms with Gasteiger partial charge in [0.15, 0.2) is 0 Å². The molecule has 0 rings (SSSR count). The second kappa shape index (κ2) is 7.97. The van der Waals surface area contributed by atoms with Gasteiger partial charge in [-0.1, -0.05) is 0 Å². The maximum absolute atomic E-state index is 10.9. The van der Waals surface area contributed by atoms with Crippen molar-refractivity contribution < 1.29 is 19.7 Å². The summed E-state index contributed by atoms with van der Waals surface area (Å²) in [5, 5.41) is 20.1. The van der Waals surface area contributed by atoms with Crippen LogP contribution >= 0.6 is 0 Å². The molecule has 0 aromatic heterocycles. The first-order valence-electron chi connectivity index (χ1n) is 4.25. The lowest BCUT2D eigenvalue weighted by Gasteiger charge is -2.08. The van der Waals surface area contributed by atoms with Crippen molar-refractivity contribution in [3.63, 3.8) is 0 Å². The fourth-order valence-electron chi connectivity index (χ4n) is 0.857. The third-order valence-corrected chi connectivity index (χ3v) is 1.50. The van der Waals surface area contributed by atoms with Crippen LogP contribution in [0, 0.1) is 0 Å². The van der Waals surface area contributed by atoms with E-state index in [1.165, 1.54) is 7.11 Å². The van der Waals surface area contributed by atoms with Crippen LogP contribution in [0.2, 0.25) is 0 Å². The molecule has 0 saturated heterocycles. The minimum absolute atomic E-state index is 0.0631. The fraction of sp³-hybridized carbons (Fsp3) is 0.875. The number of hydrogen-bond acceptors (Lipinski definition) is 4. The van der Waals surface area contributed by atoms with Crippen LogP contribution < -0.4 is 5.32 Å². The van der Waals surface area contributed by atoms with Gasteiger partial charge >= 0.3 is 0 Å². The molecule has 0 saturated carbocycles. The van der Waals surface area contributed by atoms with Crippen LogP contribution in [-0.2, 0) is 9.53 Å². The van der Waals surface area contributed by atoms with E-state index < -0.39 is 6.10 Å². The van der Waals surface area contributed by atoms with Gasteiger partial charge in [0.25, 0.3) is 0 Å². The highest BCUT2D eigenvalue weighted by Crippen LogP contribution is 1.96. The Morgan fingerprint density at radius 2 is 2.31 bits per heavy atom. The number of hydrogen-bond donors (Lipinski definition) is 3. The molecule has 1 amide bonds. The van der Waals surface area contributed by atoms with Gasteiger partial charge < -0.3 is 20.3 Å². The van der Waals surface area contributed by atoms with Gasteiger partial charge in [0.2, 0.25) is 5.91 Å². The molecule has 0 fully saturated rings. The average Bonchev–Trinajstić information content (AvgIpc) is 2.12. The van der Waals surface area contributed by atoms with Crippen molar-refractivity contribution in [1.29, 1.82) is 0 Å². The number of aliphatic hydroxyl groups is 2. The predicted molar refractivity (Wildman–Crippen MR) is 47.2 cm³/mol. The summed E-state index contributed by atoms with van der Waals surface area (Å²) in [4.78, 5) is 10.9. The molecule has 1 atom stereocenters. The molecule has 0 aliphatic rings. The molecule has 13 heavy (non-hydrogen) atoms. The Kier molecular flexibility index (Phi) is 7.57. The molecule has 3 N–H and O–H groups in total. The van der Waals surface area contributed by atoms with E-state index in [4.69, 9.17) is 14.9 Å². The van der Waals surface area contributed by atoms with E-state index >= 15 is 0 Å². The number of amides is 1. The molecule has 78 valence electrons. The smallest absolute Gasteiger partial charge is 0.220 e. The number of carbonyl (C=O) groups excluding carboxylic acids is 1. The number of ether oxygens (including phenoxy) is 1. The van der Waals surface area contributed by atoms with Gasteiger partial charge in [-0.3, -0.25) is 4.79 Å². The zero-order valence-corrected chi connectivity index (χ0v) is 7.82. The van der Waals surface area contributed by atoms with Gasteiger partial charge in [0.05, 0.1) is 19.3 Å². The van der Waals surface area contributed by atoms with Crippen LogP contribution in [0.1, 0.15) is 12.8 Å². The molecule has 0 aliphatic heterocycles. The summed E-state index contributed by atoms with van der Waals surface area (Å²) in [5.74, 6) is -0.163. The predicted octanol–water partition coefficient (Wildman–Crippen LogP) is -1.12. The van der Waals surface area contributed by atoms with E-state index in [2.05, 4.69) is 5.32 Å². The number of nitrogens with one attached hydrogen (secondary N) is 1. The Morgan fingerprint density at radius 1 is 1.62 bits per heavy atom. The molecule has 0 aromatic carbocycles. The van der Waals surface area contributed by atoms with E-state index in [1.807, 2.05) is 0 Å². The van der Waals surface area contributed by atoms with Gasteiger partial charge in [0, 0.05) is 20.1 Å². The molecular formula is C8H17NO4. The molecule has 0 heterocycles. The maximum Gasteiger partial charge on any atom is 0.220 e. The molecule has 0 aromatic rings. The second-order valence-electron chi connectivity index (χ2n) is 2.72. The highest BCUT2D eigenvalue weighted by molar-refractivity contribution is 5.75. The Balaban J connectivity index is 3.34. The van der Waals surface area contributed by atoms with Gasteiger partial charge in [0.1, 0.15) is 0 Å². The summed E-state index contributed by atoms with van der Waals surface area (Å²) in [7, 11) is 1.50. The molecule has 0 bridgehead atoms. The minimum Gasteiger partial charge on any atom is -0.395 e. The number of carbonyl (C=O) groups is 1. The monoisotopic (exact) mass is 191 g/mol. The first-order chi connectivity index (χ1) is 6.20. The van der Waals surface area contributed by atoms with Gasteiger partial charge in [-0.2, -0.15) is 0 Å². The zero-order valence-electron chi connectivity index (χ0n) is 7.82. The molecular weight excluding hydrogens is 174 g/mol. The van der Waals surface area contributed by atoms with E-state index in [-0.39, 0.29) is 32.1 Å². The normalized spacial score (nSPS) is 12.5. The van der Waals surface area contributed by atoms with Crippen molar-refractivity contribution in [2.45, 2.75) is 18.9 Å². The summed E-state index contributed by atoms with van der Waals surface area (Å²) in [6, 6.07) is 0. The maximum atomic E-state index is 10.9. The Morgan fingerprint density at radius 3 is 2.85 bits per heavy atom. The van der Waals surface area contributed by atoms with Crippen molar-refractivity contribution in [2.75, 3.05) is 26.9 Å². The fourth-order valence-corrected chi connectivity index (χ4v) is 0.857. The van der Waals surface area contributed by atoms with Gasteiger partial charge in [-0.25, -0.2) is 0 Å². The molecule has 5 heteroatoms. The Hall–Kier alpha value is -0.650. The molecule has 0 radical (unpaired) electrons. The molecule has 5 nitrogen and oxygen atoms in total. The van der Waals surface area contributed by atoms with E-state index in [1.54, 1.807) is 0 Å². The van der Waals surface area contributed by atoms with Crippen molar-refractivity contribution in [1.82, 2.24) is 5.32 Å². The Labute approximate surface area is 77.7 Å². The Bertz CT molecular complexity index is 140. The second-order valence-corrected chi connectivity index (χ2v) is 2.72. The molecule has 1 unspecified atom stereocenters. The average molecular weight is 191 g/mol. The van der Waals surface area contributed by atoms with Crippen LogP contribution in [0.15, 0.2) is 0 Å². The van der Waals surface area contributed by atoms with Crippen LogP contribution in [0.3, 0.4) is 0 Å². The van der Waals surface area contributed by atoms with E-state index in [9.17, 15) is 4.79 Å². The summed E-state index contributed by atoms with van der Waals surface area (Å²) < 4.78 is 4.70. The summed E-state index contributed by atoms with van der Waals surface area (Å²) in [5.41, 5.74) is 0. The van der Waals surface area contributed by atoms with E-state index in [0.29, 0.717) is 6.42 Å². The number of rotatable bonds is 7. The SMILES string of the molecule is COCC(O)CCC(=O)NCCO. The van der Waals surface area contributed by atoms with Crippen molar-refractivity contribution >= 4 is 5.91 Å². The topological polar surface area (TPSA) is 78.8 Å². The zero-order chi connectivity index (χ0) is 10.1. The lowest BCUT2D eigenvalue weighted by molar-refractivity contribution is -0.121. The summed E-state index contributed by atoms with van der Waals surface area (Å²) in [6.07, 6.45) is 0.0418. The van der Waals surface area contributed by atoms with Gasteiger partial charge in [-0.05, 0) is 6.42 Å². The lowest BCUT2D eigenvalue weighted by Crippen LogP contribution is -2.27. The summed E-state index contributed by atoms with van der Waals surface area (Å²) >= 11 is 0. The summed E-state index contributed by atoms with van der Waals surface area (Å²) in [6.45, 7) is 0.443. The van der Waals surface area contributed by atoms with Crippen molar-refractivity contribution in [3.8, 4) is 0 Å². The van der Waals surface area contributed by atoms with Crippen LogP contribution in [0.4, 0.5) is 0 Å². The van der Waals surface area contributed by atoms with Gasteiger partial charge in [-0.15, -0.1) is 0 Å². The van der Waals surface area contributed by atoms with Crippen LogP contribution in [0.25, 0.3) is 0 Å². The minimum atomic E-state index is -0.593. The van der Waals surface area contributed by atoms with Crippen molar-refractivity contribution in [3.05, 3.63) is 0 Å². The van der Waals surface area contributed by atoms with Crippen molar-refractivity contribution in [2.24, 2.45) is 0 Å². The third-order valence-electron chi connectivity index (χ3n) is 1.50. The molecule has 0 aliphatic carbocycles. The van der Waals surface area contributed by atoms with E-state index in [0.717, 1.165) is 0 Å². The lowest BCUT2D eigenvalue weighted by atomic mass is 10.2. The first kappa shape index (κ1) is 12.3. The number of aliphatic hydroxyl groups excluding tert-OH is 2. The highest BCUT2D eigenvalue weighted by atomic mass is 16.5. The first-order valence-corrected chi connectivity index (χ1v) is 4.25.